The molecular weight excluding hydrogens is 468 g/mol. The second-order valence-corrected chi connectivity index (χ2v) is 9.14. The number of carbonyl (C=O) groups is 1. The van der Waals surface area contributed by atoms with E-state index in [1.807, 2.05) is 0 Å². The fraction of sp³-hybridized carbons (Fsp3) is 0.462. The fourth-order valence-corrected chi connectivity index (χ4v) is 3.06. The zero-order chi connectivity index (χ0) is 24.0. The Morgan fingerprint density at radius 3 is 1.81 bits per heavy atom. The van der Waals surface area contributed by atoms with Crippen molar-refractivity contribution in [2.45, 2.75) is 0 Å². The summed E-state index contributed by atoms with van der Waals surface area (Å²) in [6, 6.07) is 1.20. The molecule has 0 saturated carbocycles. The predicted octanol–water partition coefficient (Wildman–Crippen LogP) is -0.619. The third kappa shape index (κ3) is 8.38. The van der Waals surface area contributed by atoms with Gasteiger partial charge in [-0.1, -0.05) is 0 Å². The van der Waals surface area contributed by atoms with Gasteiger partial charge in [0.25, 0.3) is 37.5 Å². The molecule has 0 fully saturated rings. The van der Waals surface area contributed by atoms with Gasteiger partial charge in [0.1, 0.15) is 11.3 Å². The van der Waals surface area contributed by atoms with Crippen LogP contribution < -0.4 is 10.4 Å². The maximum absolute atomic E-state index is 11.8. The average molecular weight is 486 g/mol. The number of hydrogen-bond acceptors (Lipinski definition) is 13. The van der Waals surface area contributed by atoms with E-state index in [9.17, 15) is 41.9 Å². The molecule has 1 aromatic rings. The van der Waals surface area contributed by atoms with Crippen molar-refractivity contribution in [2.24, 2.45) is 0 Å². The lowest BCUT2D eigenvalue weighted by Crippen LogP contribution is -2.33. The smallest absolute Gasteiger partial charge is 0.299 e. The van der Waals surface area contributed by atoms with Gasteiger partial charge in [0, 0.05) is 13.1 Å². The van der Waals surface area contributed by atoms with Crippen LogP contribution in [0.5, 0.6) is 0 Å². The molecule has 0 aliphatic carbocycles. The summed E-state index contributed by atoms with van der Waals surface area (Å²) < 4.78 is 53.8. The van der Waals surface area contributed by atoms with E-state index in [4.69, 9.17) is 5.21 Å². The zero-order valence-corrected chi connectivity index (χ0v) is 17.7. The van der Waals surface area contributed by atoms with Crippen molar-refractivity contribution in [2.75, 3.05) is 43.7 Å². The highest BCUT2D eigenvalue weighted by Crippen LogP contribution is 2.35. The van der Waals surface area contributed by atoms with Gasteiger partial charge in [-0.15, -0.1) is 0 Å². The molecule has 18 heteroatoms. The normalized spacial score (nSPS) is 11.7. The van der Waals surface area contributed by atoms with Gasteiger partial charge in [0.15, 0.2) is 0 Å². The van der Waals surface area contributed by atoms with Crippen LogP contribution in [0.1, 0.15) is 10.4 Å². The molecule has 16 nitrogen and oxygen atoms in total. The van der Waals surface area contributed by atoms with Gasteiger partial charge in [-0.25, -0.2) is 5.48 Å². The Balaban J connectivity index is 3.51. The molecule has 0 bridgehead atoms. The number of nitrogens with one attached hydrogen (secondary N) is 1. The van der Waals surface area contributed by atoms with Crippen molar-refractivity contribution >= 4 is 43.2 Å². The van der Waals surface area contributed by atoms with Crippen LogP contribution in [-0.2, 0) is 28.6 Å². The van der Waals surface area contributed by atoms with Crippen molar-refractivity contribution in [3.63, 3.8) is 0 Å². The second kappa shape index (κ2) is 10.4. The monoisotopic (exact) mass is 486 g/mol. The van der Waals surface area contributed by atoms with Crippen molar-refractivity contribution in [1.82, 2.24) is 5.48 Å². The average Bonchev–Trinajstić information content (AvgIpc) is 2.63. The number of amides is 1. The maximum atomic E-state index is 11.8. The number of hydrogen-bond donors (Lipinski definition) is 2. The highest BCUT2D eigenvalue weighted by atomic mass is 32.2. The molecule has 0 atom stereocenters. The number of anilines is 1. The van der Waals surface area contributed by atoms with Gasteiger partial charge >= 0.3 is 0 Å². The lowest BCUT2D eigenvalue weighted by molar-refractivity contribution is -0.393. The lowest BCUT2D eigenvalue weighted by Gasteiger charge is -2.24. The van der Waals surface area contributed by atoms with Crippen molar-refractivity contribution in [3.05, 3.63) is 37.9 Å². The molecule has 31 heavy (non-hydrogen) atoms. The first-order valence-electron chi connectivity index (χ1n) is 8.01. The van der Waals surface area contributed by atoms with Crippen LogP contribution in [0.3, 0.4) is 0 Å². The third-order valence-electron chi connectivity index (χ3n) is 3.49. The summed E-state index contributed by atoms with van der Waals surface area (Å²) in [5, 5.41) is 31.5. The number of nitro benzene ring substituents is 2. The molecule has 0 unspecified atom stereocenters. The topological polar surface area (TPSA) is 226 Å². The molecule has 0 aliphatic rings. The fourth-order valence-electron chi connectivity index (χ4n) is 2.31. The number of nitrogens with zero attached hydrogens (tertiary/aromatic N) is 3. The highest BCUT2D eigenvalue weighted by Gasteiger charge is 2.30. The van der Waals surface area contributed by atoms with Gasteiger partial charge in [-0.3, -0.25) is 38.6 Å². The Bertz CT molecular complexity index is 1030. The Hall–Kier alpha value is -2.93. The molecule has 2 N–H and O–H groups in total. The molecule has 0 spiro atoms. The van der Waals surface area contributed by atoms with E-state index in [0.717, 1.165) is 23.5 Å². The van der Waals surface area contributed by atoms with Gasteiger partial charge < -0.3 is 4.90 Å². The summed E-state index contributed by atoms with van der Waals surface area (Å²) in [4.78, 5) is 33.5. The van der Waals surface area contributed by atoms with Crippen LogP contribution in [0.25, 0.3) is 0 Å². The SMILES string of the molecule is CS(=O)(=O)OCCN(CCOS(C)(=O)=O)c1cc(C(=O)NO)c([N+](=O)[O-])cc1[N+](=O)[O-]. The van der Waals surface area contributed by atoms with Crippen molar-refractivity contribution in [3.8, 4) is 0 Å². The summed E-state index contributed by atoms with van der Waals surface area (Å²) in [7, 11) is -7.78. The molecule has 0 heterocycles. The Labute approximate surface area is 175 Å². The molecule has 0 aromatic heterocycles. The minimum Gasteiger partial charge on any atom is -0.361 e. The minimum absolute atomic E-state index is 0.376. The molecule has 0 radical (unpaired) electrons. The van der Waals surface area contributed by atoms with Gasteiger partial charge in [0.2, 0.25) is 0 Å². The molecule has 1 aromatic carbocycles. The summed E-state index contributed by atoms with van der Waals surface area (Å²) in [5.74, 6) is -1.34. The van der Waals surface area contributed by atoms with E-state index in [-0.39, 0.29) is 13.1 Å². The summed E-state index contributed by atoms with van der Waals surface area (Å²) in [6.07, 6.45) is 1.50. The summed E-state index contributed by atoms with van der Waals surface area (Å²) in [6.45, 7) is -1.82. The Morgan fingerprint density at radius 2 is 1.45 bits per heavy atom. The van der Waals surface area contributed by atoms with E-state index in [1.165, 1.54) is 5.48 Å². The Kier molecular flexibility index (Phi) is 8.75. The lowest BCUT2D eigenvalue weighted by atomic mass is 10.1. The van der Waals surface area contributed by atoms with E-state index in [1.54, 1.807) is 0 Å². The zero-order valence-electron chi connectivity index (χ0n) is 16.1. The van der Waals surface area contributed by atoms with E-state index in [2.05, 4.69) is 8.37 Å². The largest absolute Gasteiger partial charge is 0.361 e. The van der Waals surface area contributed by atoms with E-state index >= 15 is 0 Å². The summed E-state index contributed by atoms with van der Waals surface area (Å²) in [5.41, 5.74) is -1.81. The standard InChI is InChI=1S/C13H18N4O12S2/c1-30(24,25)28-5-3-15(4-6-29-31(2,26)27)11-7-9(13(18)14-19)10(16(20)21)8-12(11)17(22)23/h7-8,19H,3-6H2,1-2H3,(H,14,18). The molecule has 174 valence electrons. The van der Waals surface area contributed by atoms with Crippen molar-refractivity contribution in [1.29, 1.82) is 0 Å². The number of nitro groups is 2. The minimum atomic E-state index is -3.89. The van der Waals surface area contributed by atoms with Crippen LogP contribution in [0.4, 0.5) is 17.1 Å². The molecule has 1 rings (SSSR count). The van der Waals surface area contributed by atoms with Gasteiger partial charge in [-0.05, 0) is 6.07 Å². The van der Waals surface area contributed by atoms with E-state index < -0.39 is 71.8 Å². The number of carbonyl (C=O) groups excluding carboxylic acids is 1. The molecular formula is C13H18N4O12S2. The molecule has 0 aliphatic heterocycles. The number of rotatable bonds is 12. The second-order valence-electron chi connectivity index (χ2n) is 5.85. The van der Waals surface area contributed by atoms with Crippen LogP contribution in [0.2, 0.25) is 0 Å². The molecule has 0 saturated heterocycles. The van der Waals surface area contributed by atoms with Crippen LogP contribution in [0.15, 0.2) is 12.1 Å². The van der Waals surface area contributed by atoms with Crippen molar-refractivity contribution < 1.29 is 45.1 Å². The number of hydroxylamine groups is 1. The highest BCUT2D eigenvalue weighted by molar-refractivity contribution is 7.86. The predicted molar refractivity (Wildman–Crippen MR) is 103 cm³/mol. The van der Waals surface area contributed by atoms with Crippen LogP contribution in [0, 0.1) is 20.2 Å². The van der Waals surface area contributed by atoms with Crippen LogP contribution in [-0.4, -0.2) is 76.6 Å². The van der Waals surface area contributed by atoms with E-state index in [0.29, 0.717) is 6.07 Å². The molecule has 1 amide bonds. The first-order valence-corrected chi connectivity index (χ1v) is 11.6. The van der Waals surface area contributed by atoms with Crippen LogP contribution >= 0.6 is 0 Å². The van der Waals surface area contributed by atoms with Gasteiger partial charge in [-0.2, -0.15) is 16.8 Å². The first kappa shape index (κ1) is 26.1. The maximum Gasteiger partial charge on any atom is 0.299 e. The number of benzene rings is 1. The Morgan fingerprint density at radius 1 is 1.00 bits per heavy atom. The third-order valence-corrected chi connectivity index (χ3v) is 4.68. The van der Waals surface area contributed by atoms with Gasteiger partial charge in [0.05, 0.1) is 41.6 Å². The summed E-state index contributed by atoms with van der Waals surface area (Å²) >= 11 is 0. The quantitative estimate of drug-likeness (QED) is 0.163. The first-order chi connectivity index (χ1) is 14.2.